The molecule has 10 nitrogen and oxygen atoms in total. The van der Waals surface area contributed by atoms with Gasteiger partial charge in [-0.1, -0.05) is 6.92 Å². The number of thioether (sulfide) groups is 1. The van der Waals surface area contributed by atoms with Crippen molar-refractivity contribution in [3.05, 3.63) is 58.4 Å². The molecular formula is C24H24N5NaO5S2. The number of carbonyl (C=O) groups is 3. The first-order chi connectivity index (χ1) is 17.2. The molecule has 4 atom stereocenters. The van der Waals surface area contributed by atoms with Gasteiger partial charge in [-0.05, 0) is 18.6 Å². The number of imidazole rings is 1. The Labute approximate surface area is 243 Å². The predicted molar refractivity (Wildman–Crippen MR) is 133 cm³/mol. The van der Waals surface area contributed by atoms with Gasteiger partial charge in [0, 0.05) is 53.7 Å². The van der Waals surface area contributed by atoms with E-state index in [-0.39, 0.29) is 52.6 Å². The molecule has 1 fully saturated rings. The van der Waals surface area contributed by atoms with Crippen molar-refractivity contribution >= 4 is 51.2 Å². The summed E-state index contributed by atoms with van der Waals surface area (Å²) in [5, 5.41) is 22.1. The molecule has 2 aliphatic heterocycles. The Morgan fingerprint density at radius 2 is 2.11 bits per heavy atom. The summed E-state index contributed by atoms with van der Waals surface area (Å²) >= 11 is 2.89. The van der Waals surface area contributed by atoms with Gasteiger partial charge in [0.1, 0.15) is 16.9 Å². The Morgan fingerprint density at radius 3 is 2.78 bits per heavy atom. The summed E-state index contributed by atoms with van der Waals surface area (Å²) in [6.07, 6.45) is 5.54. The number of pyridine rings is 1. The number of rotatable bonds is 9. The largest absolute Gasteiger partial charge is 1.00 e. The average Bonchev–Trinajstić information content (AvgIpc) is 3.48. The van der Waals surface area contributed by atoms with Crippen molar-refractivity contribution in [1.29, 1.82) is 0 Å². The van der Waals surface area contributed by atoms with Gasteiger partial charge < -0.3 is 25.6 Å². The number of carboxylic acid groups (broad SMARTS) is 1. The number of carboxylic acids is 1. The Morgan fingerprint density at radius 1 is 1.35 bits per heavy atom. The molecule has 188 valence electrons. The van der Waals surface area contributed by atoms with Gasteiger partial charge in [0.15, 0.2) is 0 Å². The number of fused-ring (bicyclic) bond motifs is 2. The van der Waals surface area contributed by atoms with Crippen LogP contribution in [0.15, 0.2) is 36.7 Å². The molecule has 0 bridgehead atoms. The fourth-order valence-electron chi connectivity index (χ4n) is 5.06. The number of nitrogens with zero attached hydrogens (tertiary/aromatic N) is 4. The van der Waals surface area contributed by atoms with Gasteiger partial charge in [0.25, 0.3) is 0 Å². The zero-order valence-electron chi connectivity index (χ0n) is 20.6. The summed E-state index contributed by atoms with van der Waals surface area (Å²) < 4.78 is 1.68. The molecule has 3 aromatic rings. The van der Waals surface area contributed by atoms with E-state index in [1.54, 1.807) is 34.6 Å². The standard InChI is InChI=1S/C24H25N5O5S2.Na/c1-11-16(20(24(33)34)29-19(11)17(12(2)30)22(29)32)15-8-28-10-27-18(23(28)36-15)21(31)14-5-13(6-26-7-14)9-35-4-3-25;/h5-8,10-12,17,19,30H,3-4,9,25H2,1-2H3,(H,33,34);/q;+1/p-1/t11-,12+,17+,19+;/m0./s1. The summed E-state index contributed by atoms with van der Waals surface area (Å²) in [5.74, 6) is -1.66. The fraction of sp³-hybridized carbons (Fsp3) is 0.375. The quantitative estimate of drug-likeness (QED) is 0.128. The molecule has 0 radical (unpaired) electrons. The summed E-state index contributed by atoms with van der Waals surface area (Å²) in [4.78, 5) is 48.9. The second-order valence-corrected chi connectivity index (χ2v) is 11.1. The molecule has 0 unspecified atom stereocenters. The molecule has 5 heterocycles. The maximum absolute atomic E-state index is 13.3. The van der Waals surface area contributed by atoms with Crippen molar-refractivity contribution in [1.82, 2.24) is 19.3 Å². The molecule has 13 heteroatoms. The Balaban J connectivity index is 0.00000320. The molecule has 3 N–H and O–H groups in total. The van der Waals surface area contributed by atoms with Gasteiger partial charge >= 0.3 is 29.6 Å². The van der Waals surface area contributed by atoms with E-state index in [2.05, 4.69) is 9.97 Å². The van der Waals surface area contributed by atoms with Crippen LogP contribution in [0.4, 0.5) is 0 Å². The number of nitrogens with two attached hydrogens (primary N) is 1. The normalized spacial score (nSPS) is 21.6. The van der Waals surface area contributed by atoms with Gasteiger partial charge in [0.05, 0.1) is 34.6 Å². The number of aliphatic hydroxyl groups is 1. The van der Waals surface area contributed by atoms with Crippen molar-refractivity contribution in [2.24, 2.45) is 17.6 Å². The van der Waals surface area contributed by atoms with Gasteiger partial charge in [-0.2, -0.15) is 11.8 Å². The van der Waals surface area contributed by atoms with E-state index in [9.17, 15) is 24.6 Å². The van der Waals surface area contributed by atoms with Crippen LogP contribution in [0.25, 0.3) is 10.4 Å². The van der Waals surface area contributed by atoms with Crippen LogP contribution in [-0.4, -0.2) is 66.5 Å². The molecule has 0 spiro atoms. The number of carbonyl (C=O) groups excluding carboxylic acids is 3. The van der Waals surface area contributed by atoms with Crippen LogP contribution >= 0.6 is 23.1 Å². The number of aromatic nitrogens is 3. The van der Waals surface area contributed by atoms with E-state index < -0.39 is 29.9 Å². The van der Waals surface area contributed by atoms with Gasteiger partial charge in [0.2, 0.25) is 11.7 Å². The number of hydrogen-bond acceptors (Lipinski definition) is 10. The fourth-order valence-corrected chi connectivity index (χ4v) is 6.98. The third kappa shape index (κ3) is 4.69. The second kappa shape index (κ2) is 11.0. The first-order valence-electron chi connectivity index (χ1n) is 11.4. The SMILES string of the molecule is C[C@@H](O)[C@H]1C(=O)N2C(C(=O)[O-])=C(c3cn4cnc(C(=O)c5cncc(CSCCN)c5)c4s3)[C@H](C)[C@H]12.[Na+]. The minimum atomic E-state index is -1.44. The number of aliphatic carboxylic acids is 1. The average molecular weight is 550 g/mol. The molecule has 5 rings (SSSR count). The molecule has 0 aliphatic carbocycles. The van der Waals surface area contributed by atoms with Crippen LogP contribution in [0, 0.1) is 11.8 Å². The van der Waals surface area contributed by atoms with Crippen LogP contribution in [-0.2, 0) is 15.3 Å². The number of thiazole rings is 1. The number of β-lactam (4-membered cyclic amide) rings is 1. The van der Waals surface area contributed by atoms with Crippen LogP contribution in [0.3, 0.4) is 0 Å². The third-order valence-electron chi connectivity index (χ3n) is 6.65. The van der Waals surface area contributed by atoms with Gasteiger partial charge in [-0.3, -0.25) is 19.0 Å². The predicted octanol–water partition coefficient (Wildman–Crippen LogP) is -2.46. The van der Waals surface area contributed by atoms with Gasteiger partial charge in [-0.25, -0.2) is 4.98 Å². The van der Waals surface area contributed by atoms with Crippen LogP contribution in [0.2, 0.25) is 0 Å². The molecule has 37 heavy (non-hydrogen) atoms. The smallest absolute Gasteiger partial charge is 0.543 e. The molecule has 0 saturated carbocycles. The van der Waals surface area contributed by atoms with E-state index in [4.69, 9.17) is 5.73 Å². The minimum absolute atomic E-state index is 0. The molecule has 2 aliphatic rings. The minimum Gasteiger partial charge on any atom is -0.543 e. The van der Waals surface area contributed by atoms with E-state index >= 15 is 0 Å². The number of hydrogen-bond donors (Lipinski definition) is 2. The Kier molecular flexibility index (Phi) is 8.29. The summed E-state index contributed by atoms with van der Waals surface area (Å²) in [7, 11) is 0. The molecule has 3 aromatic heterocycles. The van der Waals surface area contributed by atoms with E-state index in [0.29, 0.717) is 33.1 Å². The Bertz CT molecular complexity index is 1420. The van der Waals surface area contributed by atoms with Crippen LogP contribution < -0.4 is 40.4 Å². The topological polar surface area (TPSA) is 154 Å². The summed E-state index contributed by atoms with van der Waals surface area (Å²) in [6.45, 7) is 3.94. The summed E-state index contributed by atoms with van der Waals surface area (Å²) in [6, 6.07) is 1.34. The second-order valence-electron chi connectivity index (χ2n) is 8.96. The van der Waals surface area contributed by atoms with E-state index in [0.717, 1.165) is 11.3 Å². The first kappa shape index (κ1) is 28.0. The molecular weight excluding hydrogens is 525 g/mol. The van der Waals surface area contributed by atoms with Crippen molar-refractivity contribution in [2.75, 3.05) is 12.3 Å². The maximum Gasteiger partial charge on any atom is 1.00 e. The summed E-state index contributed by atoms with van der Waals surface area (Å²) in [5.41, 5.74) is 7.39. The Hall–Kier alpha value is -2.06. The van der Waals surface area contributed by atoms with Crippen molar-refractivity contribution < 1.29 is 54.2 Å². The van der Waals surface area contributed by atoms with Crippen molar-refractivity contribution in [3.63, 3.8) is 0 Å². The molecule has 1 saturated heterocycles. The van der Waals surface area contributed by atoms with Crippen molar-refractivity contribution in [3.8, 4) is 0 Å². The number of ketones is 1. The van der Waals surface area contributed by atoms with Crippen molar-refractivity contribution in [2.45, 2.75) is 31.7 Å². The number of amides is 1. The van der Waals surface area contributed by atoms with E-state index in [1.165, 1.54) is 35.7 Å². The first-order valence-corrected chi connectivity index (χ1v) is 13.4. The monoisotopic (exact) mass is 549 g/mol. The zero-order chi connectivity index (χ0) is 25.7. The van der Waals surface area contributed by atoms with E-state index in [1.807, 2.05) is 6.92 Å². The number of aliphatic hydroxyl groups excluding tert-OH is 1. The molecule has 0 aromatic carbocycles. The third-order valence-corrected chi connectivity index (χ3v) is 8.85. The van der Waals surface area contributed by atoms with Crippen LogP contribution in [0.1, 0.15) is 40.3 Å². The van der Waals surface area contributed by atoms with Gasteiger partial charge in [-0.15, -0.1) is 11.3 Å². The van der Waals surface area contributed by atoms with Crippen LogP contribution in [0.5, 0.6) is 0 Å². The zero-order valence-corrected chi connectivity index (χ0v) is 24.2. The maximum atomic E-state index is 13.3. The molecule has 1 amide bonds.